The fourth-order valence-corrected chi connectivity index (χ4v) is 4.06. The Labute approximate surface area is 129 Å². The molecule has 1 fully saturated rings. The van der Waals surface area contributed by atoms with E-state index >= 15 is 0 Å². The minimum Gasteiger partial charge on any atom is -0.481 e. The summed E-state index contributed by atoms with van der Waals surface area (Å²) in [6, 6.07) is 1.39. The summed E-state index contributed by atoms with van der Waals surface area (Å²) in [7, 11) is -4.33. The average Bonchev–Trinajstić information content (AvgIpc) is 2.80. The van der Waals surface area contributed by atoms with Crippen LogP contribution in [0.25, 0.3) is 0 Å². The quantitative estimate of drug-likeness (QED) is 0.844. The third kappa shape index (κ3) is 3.32. The summed E-state index contributed by atoms with van der Waals surface area (Å²) >= 11 is 0. The van der Waals surface area contributed by atoms with Crippen molar-refractivity contribution in [2.75, 3.05) is 13.1 Å². The van der Waals surface area contributed by atoms with Gasteiger partial charge < -0.3 is 5.11 Å². The van der Waals surface area contributed by atoms with Gasteiger partial charge in [-0.1, -0.05) is 6.92 Å². The van der Waals surface area contributed by atoms with Crippen LogP contribution in [0.3, 0.4) is 0 Å². The van der Waals surface area contributed by atoms with Crippen molar-refractivity contribution in [1.82, 2.24) is 4.31 Å². The first-order chi connectivity index (χ1) is 10.4. The maximum Gasteiger partial charge on any atom is 0.419 e. The monoisotopic (exact) mass is 355 g/mol. The first-order valence-electron chi connectivity index (χ1n) is 6.54. The van der Waals surface area contributed by atoms with Crippen LogP contribution in [0.15, 0.2) is 23.1 Å². The van der Waals surface area contributed by atoms with Crippen LogP contribution in [0.5, 0.6) is 0 Å². The molecule has 1 aliphatic rings. The Morgan fingerprint density at radius 2 is 1.91 bits per heavy atom. The molecule has 0 radical (unpaired) electrons. The van der Waals surface area contributed by atoms with Crippen molar-refractivity contribution in [3.05, 3.63) is 29.6 Å². The van der Waals surface area contributed by atoms with Gasteiger partial charge in [-0.05, 0) is 24.1 Å². The largest absolute Gasteiger partial charge is 0.481 e. The highest BCUT2D eigenvalue weighted by molar-refractivity contribution is 7.89. The number of benzene rings is 1. The minimum absolute atomic E-state index is 0.127. The van der Waals surface area contributed by atoms with Gasteiger partial charge in [0, 0.05) is 13.1 Å². The number of halogens is 4. The number of aliphatic carboxylic acids is 1. The molecule has 0 unspecified atom stereocenters. The smallest absolute Gasteiger partial charge is 0.419 e. The molecule has 5 nitrogen and oxygen atoms in total. The molecule has 0 amide bonds. The maximum absolute atomic E-state index is 13.3. The summed E-state index contributed by atoms with van der Waals surface area (Å²) in [4.78, 5) is 10.3. The Kier molecular flexibility index (Phi) is 4.42. The lowest BCUT2D eigenvalue weighted by molar-refractivity contribution is -0.142. The van der Waals surface area contributed by atoms with E-state index in [0.717, 1.165) is 10.4 Å². The van der Waals surface area contributed by atoms with Crippen LogP contribution in [0.1, 0.15) is 12.5 Å². The Bertz CT molecular complexity index is 732. The maximum atomic E-state index is 13.3. The van der Waals surface area contributed by atoms with E-state index in [2.05, 4.69) is 0 Å². The van der Waals surface area contributed by atoms with E-state index in [0.29, 0.717) is 6.07 Å². The van der Waals surface area contributed by atoms with Crippen LogP contribution in [0.4, 0.5) is 17.6 Å². The summed E-state index contributed by atoms with van der Waals surface area (Å²) in [5, 5.41) is 9.01. The number of sulfonamides is 1. The highest BCUT2D eigenvalue weighted by Crippen LogP contribution is 2.34. The van der Waals surface area contributed by atoms with Gasteiger partial charge in [-0.3, -0.25) is 4.79 Å². The summed E-state index contributed by atoms with van der Waals surface area (Å²) in [6.45, 7) is 1.08. The van der Waals surface area contributed by atoms with Crippen molar-refractivity contribution in [2.24, 2.45) is 11.8 Å². The molecule has 1 heterocycles. The fraction of sp³-hybridized carbons (Fsp3) is 0.462. The van der Waals surface area contributed by atoms with Gasteiger partial charge >= 0.3 is 12.1 Å². The van der Waals surface area contributed by atoms with E-state index in [1.807, 2.05) is 0 Å². The number of alkyl halides is 3. The highest BCUT2D eigenvalue weighted by atomic mass is 32.2. The van der Waals surface area contributed by atoms with Crippen LogP contribution >= 0.6 is 0 Å². The van der Waals surface area contributed by atoms with Gasteiger partial charge in [0.15, 0.2) is 0 Å². The molecule has 0 aliphatic carbocycles. The second-order valence-corrected chi connectivity index (χ2v) is 7.32. The molecule has 1 aromatic carbocycles. The van der Waals surface area contributed by atoms with Gasteiger partial charge in [0.1, 0.15) is 5.82 Å². The molecule has 128 valence electrons. The molecule has 23 heavy (non-hydrogen) atoms. The van der Waals surface area contributed by atoms with Crippen molar-refractivity contribution in [2.45, 2.75) is 18.0 Å². The number of carbonyl (C=O) groups is 1. The molecule has 1 aromatic rings. The second kappa shape index (κ2) is 5.75. The molecule has 0 spiro atoms. The van der Waals surface area contributed by atoms with Gasteiger partial charge in [0.2, 0.25) is 10.0 Å². The number of nitrogens with zero attached hydrogens (tertiary/aromatic N) is 1. The van der Waals surface area contributed by atoms with Crippen LogP contribution in [0.2, 0.25) is 0 Å². The number of carboxylic acid groups (broad SMARTS) is 1. The fourth-order valence-electron chi connectivity index (χ4n) is 2.47. The second-order valence-electron chi connectivity index (χ2n) is 5.38. The van der Waals surface area contributed by atoms with E-state index in [9.17, 15) is 30.8 Å². The molecule has 2 rings (SSSR count). The van der Waals surface area contributed by atoms with E-state index in [-0.39, 0.29) is 19.2 Å². The Morgan fingerprint density at radius 1 is 1.30 bits per heavy atom. The first-order valence-corrected chi connectivity index (χ1v) is 7.98. The van der Waals surface area contributed by atoms with Crippen molar-refractivity contribution in [1.29, 1.82) is 0 Å². The third-order valence-corrected chi connectivity index (χ3v) is 5.60. The number of carboxylic acids is 1. The molecule has 0 bridgehead atoms. The lowest BCUT2D eigenvalue weighted by Crippen LogP contribution is -2.30. The predicted molar refractivity (Wildman–Crippen MR) is 70.5 cm³/mol. The van der Waals surface area contributed by atoms with Crippen LogP contribution in [0, 0.1) is 17.7 Å². The zero-order valence-corrected chi connectivity index (χ0v) is 12.7. The highest BCUT2D eigenvalue weighted by Gasteiger charge is 2.42. The topological polar surface area (TPSA) is 74.7 Å². The van der Waals surface area contributed by atoms with Gasteiger partial charge in [-0.25, -0.2) is 12.8 Å². The Balaban J connectivity index is 2.40. The molecular formula is C13H13F4NO4S. The van der Waals surface area contributed by atoms with Crippen molar-refractivity contribution in [3.63, 3.8) is 0 Å². The number of hydrogen-bond acceptors (Lipinski definition) is 3. The molecular weight excluding hydrogens is 342 g/mol. The molecule has 0 aromatic heterocycles. The lowest BCUT2D eigenvalue weighted by atomic mass is 9.99. The van der Waals surface area contributed by atoms with Gasteiger partial charge in [0.05, 0.1) is 16.4 Å². The normalized spacial score (nSPS) is 23.2. The van der Waals surface area contributed by atoms with Gasteiger partial charge in [-0.15, -0.1) is 0 Å². The van der Waals surface area contributed by atoms with Crippen molar-refractivity contribution < 1.29 is 35.9 Å². The number of rotatable bonds is 3. The van der Waals surface area contributed by atoms with Crippen LogP contribution < -0.4 is 0 Å². The Hall–Kier alpha value is -1.68. The molecule has 1 aliphatic heterocycles. The zero-order valence-electron chi connectivity index (χ0n) is 11.8. The summed E-state index contributed by atoms with van der Waals surface area (Å²) in [6.07, 6.45) is -5.03. The zero-order chi connectivity index (χ0) is 17.6. The van der Waals surface area contributed by atoms with E-state index in [4.69, 9.17) is 5.11 Å². The standard InChI is InChI=1S/C13H13F4NO4S/c1-7-5-18(6-9(7)12(19)20)23(21,22)8-2-3-11(14)10(4-8)13(15,16)17/h2-4,7,9H,5-6H2,1H3,(H,19,20)/t7-,9-/m1/s1. The van der Waals surface area contributed by atoms with Gasteiger partial charge in [-0.2, -0.15) is 17.5 Å². The minimum atomic E-state index is -5.03. The number of hydrogen-bond donors (Lipinski definition) is 1. The first kappa shape index (κ1) is 17.7. The summed E-state index contributed by atoms with van der Waals surface area (Å²) in [5.41, 5.74) is -1.68. The predicted octanol–water partition coefficient (Wildman–Crippen LogP) is 2.19. The molecule has 0 saturated carbocycles. The van der Waals surface area contributed by atoms with Gasteiger partial charge in [0.25, 0.3) is 0 Å². The van der Waals surface area contributed by atoms with Crippen molar-refractivity contribution in [3.8, 4) is 0 Å². The van der Waals surface area contributed by atoms with E-state index < -0.39 is 50.3 Å². The molecule has 1 saturated heterocycles. The van der Waals surface area contributed by atoms with E-state index in [1.54, 1.807) is 6.92 Å². The average molecular weight is 355 g/mol. The SMILES string of the molecule is C[C@@H]1CN(S(=O)(=O)c2ccc(F)c(C(F)(F)F)c2)C[C@H]1C(=O)O. The van der Waals surface area contributed by atoms with Crippen molar-refractivity contribution >= 4 is 16.0 Å². The molecule has 1 N–H and O–H groups in total. The van der Waals surface area contributed by atoms with Crippen LogP contribution in [-0.2, 0) is 21.0 Å². The summed E-state index contributed by atoms with van der Waals surface area (Å²) < 4.78 is 76.9. The summed E-state index contributed by atoms with van der Waals surface area (Å²) in [5.74, 6) is -4.17. The van der Waals surface area contributed by atoms with E-state index in [1.165, 1.54) is 0 Å². The molecule has 2 atom stereocenters. The lowest BCUT2D eigenvalue weighted by Gasteiger charge is -2.17. The Morgan fingerprint density at radius 3 is 2.39 bits per heavy atom. The molecule has 10 heteroatoms. The van der Waals surface area contributed by atoms with Crippen LogP contribution in [-0.4, -0.2) is 36.9 Å². The third-order valence-electron chi connectivity index (χ3n) is 3.78.